The van der Waals surface area contributed by atoms with E-state index in [0.717, 1.165) is 96.4 Å². The lowest BCUT2D eigenvalue weighted by Crippen LogP contribution is -2.35. The van der Waals surface area contributed by atoms with Gasteiger partial charge in [-0.2, -0.15) is 0 Å². The first-order valence-corrected chi connectivity index (χ1v) is 23.6. The second-order valence-corrected chi connectivity index (χ2v) is 17.1. The summed E-state index contributed by atoms with van der Waals surface area (Å²) in [7, 11) is 1.98. The fourth-order valence-electron chi connectivity index (χ4n) is 7.21. The van der Waals surface area contributed by atoms with Gasteiger partial charge >= 0.3 is 29.8 Å². The van der Waals surface area contributed by atoms with E-state index in [1.807, 2.05) is 14.0 Å². The smallest absolute Gasteiger partial charge is 0.313 e. The van der Waals surface area contributed by atoms with Crippen LogP contribution in [0.5, 0.6) is 0 Å². The van der Waals surface area contributed by atoms with Crippen LogP contribution in [-0.2, 0) is 47.7 Å². The van der Waals surface area contributed by atoms with Crippen molar-refractivity contribution in [1.82, 2.24) is 4.90 Å². The van der Waals surface area contributed by atoms with Gasteiger partial charge in [0.2, 0.25) is 0 Å². The molecule has 1 rings (SSSR count). The van der Waals surface area contributed by atoms with Crippen LogP contribution in [-0.4, -0.2) is 87.9 Å². The molecule has 0 saturated carbocycles. The molecular formula is C47H85NO10. The third-order valence-electron chi connectivity index (χ3n) is 11.1. The largest absolute Gasteiger partial charge is 0.466 e. The van der Waals surface area contributed by atoms with Gasteiger partial charge in [-0.25, -0.2) is 0 Å². The van der Waals surface area contributed by atoms with Crippen molar-refractivity contribution in [2.45, 2.75) is 207 Å². The van der Waals surface area contributed by atoms with Crippen molar-refractivity contribution in [2.75, 3.05) is 53.2 Å². The van der Waals surface area contributed by atoms with E-state index in [0.29, 0.717) is 64.7 Å². The van der Waals surface area contributed by atoms with Crippen molar-refractivity contribution in [1.29, 1.82) is 0 Å². The summed E-state index contributed by atoms with van der Waals surface area (Å²) in [6.45, 7) is 8.85. The molecule has 0 radical (unpaired) electrons. The molecule has 11 heteroatoms. The zero-order valence-electron chi connectivity index (χ0n) is 37.6. The van der Waals surface area contributed by atoms with Gasteiger partial charge < -0.3 is 28.6 Å². The maximum atomic E-state index is 13.0. The molecule has 1 heterocycles. The molecule has 1 aliphatic heterocycles. The molecule has 1 saturated heterocycles. The minimum atomic E-state index is -0.584. The average Bonchev–Trinajstić information content (AvgIpc) is 3.57. The molecule has 0 aromatic rings. The monoisotopic (exact) mass is 824 g/mol. The highest BCUT2D eigenvalue weighted by Gasteiger charge is 2.40. The molecule has 0 N–H and O–H groups in total. The molecular weight excluding hydrogens is 739 g/mol. The van der Waals surface area contributed by atoms with Crippen molar-refractivity contribution < 1.29 is 47.7 Å². The topological polar surface area (TPSA) is 135 Å². The van der Waals surface area contributed by atoms with Gasteiger partial charge in [-0.05, 0) is 65.5 Å². The Bertz CT molecular complexity index is 1020. The molecule has 1 aliphatic rings. The lowest BCUT2D eigenvalue weighted by Gasteiger charge is -2.24. The van der Waals surface area contributed by atoms with Crippen molar-refractivity contribution in [3.05, 3.63) is 0 Å². The van der Waals surface area contributed by atoms with E-state index in [1.54, 1.807) is 0 Å². The molecule has 1 atom stereocenters. The minimum Gasteiger partial charge on any atom is -0.466 e. The van der Waals surface area contributed by atoms with Crippen LogP contribution in [0.3, 0.4) is 0 Å². The summed E-state index contributed by atoms with van der Waals surface area (Å²) in [6.07, 6.45) is 27.1. The number of hydrogen-bond donors (Lipinski definition) is 0. The molecule has 0 aromatic carbocycles. The number of rotatable bonds is 39. The van der Waals surface area contributed by atoms with E-state index < -0.39 is 11.3 Å². The molecule has 0 amide bonds. The summed E-state index contributed by atoms with van der Waals surface area (Å²) in [4.78, 5) is 64.1. The van der Waals surface area contributed by atoms with E-state index in [-0.39, 0.29) is 49.7 Å². The van der Waals surface area contributed by atoms with Gasteiger partial charge in [0.1, 0.15) is 19.8 Å². The van der Waals surface area contributed by atoms with Crippen LogP contribution in [0.4, 0.5) is 0 Å². The van der Waals surface area contributed by atoms with Gasteiger partial charge in [-0.3, -0.25) is 24.0 Å². The first kappa shape index (κ1) is 53.3. The zero-order chi connectivity index (χ0) is 42.5. The summed E-state index contributed by atoms with van der Waals surface area (Å²) in [5.41, 5.74) is -0.584. The second kappa shape index (κ2) is 36.2. The number of unbranched alkanes of at least 4 members (excludes halogenated alkanes) is 20. The molecule has 0 aromatic heterocycles. The highest BCUT2D eigenvalue weighted by molar-refractivity contribution is 5.77. The van der Waals surface area contributed by atoms with Gasteiger partial charge in [-0.15, -0.1) is 0 Å². The Hall–Kier alpha value is -2.69. The van der Waals surface area contributed by atoms with Gasteiger partial charge in [0.15, 0.2) is 0 Å². The average molecular weight is 824 g/mol. The van der Waals surface area contributed by atoms with Crippen molar-refractivity contribution in [3.63, 3.8) is 0 Å². The van der Waals surface area contributed by atoms with Crippen LogP contribution in [0.15, 0.2) is 0 Å². The van der Waals surface area contributed by atoms with E-state index >= 15 is 0 Å². The molecule has 0 bridgehead atoms. The number of carbonyl (C=O) groups is 5. The number of ether oxygens (including phenoxy) is 5. The number of likely N-dealkylation sites (tertiary alicyclic amines) is 1. The number of hydrogen-bond acceptors (Lipinski definition) is 11. The Kier molecular flexibility index (Phi) is 33.3. The summed E-state index contributed by atoms with van der Waals surface area (Å²) in [6, 6.07) is 0. The molecule has 0 spiro atoms. The van der Waals surface area contributed by atoms with E-state index in [9.17, 15) is 24.0 Å². The van der Waals surface area contributed by atoms with Crippen LogP contribution >= 0.6 is 0 Å². The fourth-order valence-corrected chi connectivity index (χ4v) is 7.21. The molecule has 1 unspecified atom stereocenters. The quantitative estimate of drug-likeness (QED) is 0.0333. The maximum Gasteiger partial charge on any atom is 0.313 e. The minimum absolute atomic E-state index is 0.0115. The SMILES string of the molecule is CCCCCCCCOC(=O)CCCCCCCCC(=O)OCC(COC(=O)CCCCCCCCC(=O)OCCCCCCCC)COC(=O)C1(C)CCN(C)C1. The lowest BCUT2D eigenvalue weighted by molar-refractivity contribution is -0.159. The Morgan fingerprint density at radius 2 is 0.793 bits per heavy atom. The summed E-state index contributed by atoms with van der Waals surface area (Å²) in [5, 5.41) is 0. The highest BCUT2D eigenvalue weighted by atomic mass is 16.6. The third kappa shape index (κ3) is 30.4. The van der Waals surface area contributed by atoms with E-state index in [1.165, 1.54) is 51.4 Å². The molecule has 0 aliphatic carbocycles. The first-order chi connectivity index (χ1) is 28.1. The Labute approximate surface area is 353 Å². The summed E-state index contributed by atoms with van der Waals surface area (Å²) in [5.74, 6) is -1.57. The molecule has 338 valence electrons. The van der Waals surface area contributed by atoms with E-state index in [2.05, 4.69) is 18.7 Å². The zero-order valence-corrected chi connectivity index (χ0v) is 37.6. The van der Waals surface area contributed by atoms with Gasteiger partial charge in [0.25, 0.3) is 0 Å². The maximum absolute atomic E-state index is 13.0. The highest BCUT2D eigenvalue weighted by Crippen LogP contribution is 2.30. The Morgan fingerprint density at radius 3 is 1.16 bits per heavy atom. The molecule has 11 nitrogen and oxygen atoms in total. The van der Waals surface area contributed by atoms with Gasteiger partial charge in [0, 0.05) is 32.2 Å². The number of carbonyl (C=O) groups excluding carboxylic acids is 5. The van der Waals surface area contributed by atoms with Gasteiger partial charge in [0.05, 0.1) is 24.5 Å². The third-order valence-corrected chi connectivity index (χ3v) is 11.1. The predicted octanol–water partition coefficient (Wildman–Crippen LogP) is 10.6. The predicted molar refractivity (Wildman–Crippen MR) is 229 cm³/mol. The van der Waals surface area contributed by atoms with Crippen molar-refractivity contribution >= 4 is 29.8 Å². The van der Waals surface area contributed by atoms with Crippen LogP contribution in [0.2, 0.25) is 0 Å². The van der Waals surface area contributed by atoms with E-state index in [4.69, 9.17) is 23.7 Å². The first-order valence-electron chi connectivity index (χ1n) is 23.6. The van der Waals surface area contributed by atoms with Gasteiger partial charge in [-0.1, -0.05) is 129 Å². The lowest BCUT2D eigenvalue weighted by atomic mass is 9.90. The van der Waals surface area contributed by atoms with Crippen molar-refractivity contribution in [2.24, 2.45) is 11.3 Å². The molecule has 58 heavy (non-hydrogen) atoms. The summed E-state index contributed by atoms with van der Waals surface area (Å²) < 4.78 is 27.5. The second-order valence-electron chi connectivity index (χ2n) is 17.1. The standard InChI is InChI=1S/C47H85NO10/c1-5-7-9-11-21-27-35-54-42(49)29-23-17-13-15-19-25-31-44(51)56-37-41(39-58-46(53)47(3)33-34-48(4)40-47)38-57-45(52)32-26-20-16-14-18-24-30-43(50)55-36-28-22-12-10-8-6-2/h41H,5-40H2,1-4H3. The Balaban J connectivity index is 2.24. The number of nitrogens with zero attached hydrogens (tertiary/aromatic N) is 1. The molecule has 1 fully saturated rings. The number of esters is 5. The van der Waals surface area contributed by atoms with Crippen LogP contribution in [0.1, 0.15) is 207 Å². The van der Waals surface area contributed by atoms with Crippen LogP contribution < -0.4 is 0 Å². The summed E-state index contributed by atoms with van der Waals surface area (Å²) >= 11 is 0. The van der Waals surface area contributed by atoms with Crippen LogP contribution in [0.25, 0.3) is 0 Å². The normalized spacial score (nSPS) is 15.4. The van der Waals surface area contributed by atoms with Crippen LogP contribution in [0, 0.1) is 11.3 Å². The Morgan fingerprint density at radius 1 is 0.466 bits per heavy atom. The fraction of sp³-hybridized carbons (Fsp3) is 0.894. The van der Waals surface area contributed by atoms with Crippen molar-refractivity contribution in [3.8, 4) is 0 Å².